The number of imidazole rings is 2. The highest BCUT2D eigenvalue weighted by atomic mass is 15.1. The first-order valence-electron chi connectivity index (χ1n) is 5.24. The lowest BCUT2D eigenvalue weighted by Crippen LogP contribution is -1.88. The highest BCUT2D eigenvalue weighted by Crippen LogP contribution is 2.22. The molecule has 4 rings (SSSR count). The molecule has 4 heterocycles. The minimum Gasteiger partial charge on any atom is -0.343 e. The van der Waals surface area contributed by atoms with E-state index in [9.17, 15) is 0 Å². The fourth-order valence-electron chi connectivity index (χ4n) is 1.82. The number of nitrogens with zero attached hydrogens (tertiary/aromatic N) is 6. The third-order valence-corrected chi connectivity index (χ3v) is 2.62. The highest BCUT2D eigenvalue weighted by molar-refractivity contribution is 5.88. The monoisotopic (exact) mass is 238 g/mol. The third-order valence-electron chi connectivity index (χ3n) is 2.62. The Hall–Kier alpha value is -2.90. The molecule has 0 unspecified atom stereocenters. The van der Waals surface area contributed by atoms with Gasteiger partial charge in [-0.05, 0) is 0 Å². The van der Waals surface area contributed by atoms with Gasteiger partial charge in [-0.25, -0.2) is 19.9 Å². The molecule has 0 amide bonds. The molecular weight excluding hydrogens is 232 g/mol. The van der Waals surface area contributed by atoms with E-state index in [0.717, 1.165) is 11.1 Å². The molecule has 4 aromatic heterocycles. The Morgan fingerprint density at radius 2 is 1.94 bits per heavy atom. The molecule has 18 heavy (non-hydrogen) atoms. The van der Waals surface area contributed by atoms with E-state index in [1.54, 1.807) is 24.9 Å². The van der Waals surface area contributed by atoms with Crippen molar-refractivity contribution in [3.63, 3.8) is 0 Å². The molecule has 0 spiro atoms. The van der Waals surface area contributed by atoms with E-state index in [-0.39, 0.29) is 0 Å². The molecule has 2 N–H and O–H groups in total. The quantitative estimate of drug-likeness (QED) is 0.505. The van der Waals surface area contributed by atoms with Crippen LogP contribution in [0.3, 0.4) is 0 Å². The van der Waals surface area contributed by atoms with Crippen LogP contribution in [0.4, 0.5) is 0 Å². The summed E-state index contributed by atoms with van der Waals surface area (Å²) < 4.78 is 0. The van der Waals surface area contributed by atoms with Crippen molar-refractivity contribution in [3.8, 4) is 11.4 Å². The first kappa shape index (κ1) is 9.16. The third kappa shape index (κ3) is 1.19. The molecule has 4 aromatic rings. The van der Waals surface area contributed by atoms with E-state index >= 15 is 0 Å². The van der Waals surface area contributed by atoms with Crippen LogP contribution < -0.4 is 0 Å². The minimum atomic E-state index is 0.550. The molecule has 8 nitrogen and oxygen atoms in total. The Morgan fingerprint density at radius 3 is 2.89 bits per heavy atom. The normalized spacial score (nSPS) is 11.3. The standard InChI is InChI=1S/C10H6N8/c1-2-12-10-9(11-1)16-7(17-10)5-3-15-18-8-6(5)13-4-14-8/h1-4H,(H,13,14,18)(H,11,12,16,17). The number of H-pyrrole nitrogens is 2. The van der Waals surface area contributed by atoms with Gasteiger partial charge < -0.3 is 9.97 Å². The number of hydrogen-bond acceptors (Lipinski definition) is 6. The van der Waals surface area contributed by atoms with Crippen LogP contribution in [-0.2, 0) is 0 Å². The summed E-state index contributed by atoms with van der Waals surface area (Å²) in [7, 11) is 0. The van der Waals surface area contributed by atoms with Gasteiger partial charge in [-0.2, -0.15) is 5.10 Å². The fraction of sp³-hybridized carbons (Fsp3) is 0. The number of nitrogens with one attached hydrogen (secondary N) is 2. The fourth-order valence-corrected chi connectivity index (χ4v) is 1.82. The predicted molar refractivity (Wildman–Crippen MR) is 62.4 cm³/mol. The first-order valence-corrected chi connectivity index (χ1v) is 5.24. The summed E-state index contributed by atoms with van der Waals surface area (Å²) in [5, 5.41) is 7.81. The van der Waals surface area contributed by atoms with Gasteiger partial charge in [0.15, 0.2) is 16.9 Å². The molecule has 0 saturated carbocycles. The Kier molecular flexibility index (Phi) is 1.68. The lowest BCUT2D eigenvalue weighted by molar-refractivity contribution is 1.06. The van der Waals surface area contributed by atoms with Crippen molar-refractivity contribution in [1.29, 1.82) is 0 Å². The minimum absolute atomic E-state index is 0.550. The van der Waals surface area contributed by atoms with Crippen LogP contribution in [0, 0.1) is 0 Å². The molecule has 0 aliphatic heterocycles. The summed E-state index contributed by atoms with van der Waals surface area (Å²) in [6, 6.07) is 0. The number of fused-ring (bicyclic) bond motifs is 2. The Balaban J connectivity index is 2.04. The molecule has 0 radical (unpaired) electrons. The molecule has 0 aliphatic rings. The molecular formula is C10H6N8. The van der Waals surface area contributed by atoms with E-state index < -0.39 is 0 Å². The van der Waals surface area contributed by atoms with Gasteiger partial charge >= 0.3 is 0 Å². The Labute approximate surface area is 99.6 Å². The second-order valence-corrected chi connectivity index (χ2v) is 3.67. The first-order chi connectivity index (χ1) is 8.92. The van der Waals surface area contributed by atoms with Gasteiger partial charge in [-0.1, -0.05) is 0 Å². The zero-order chi connectivity index (χ0) is 11.9. The van der Waals surface area contributed by atoms with Crippen LogP contribution in [0.25, 0.3) is 33.8 Å². The van der Waals surface area contributed by atoms with Gasteiger partial charge in [0.05, 0.1) is 23.6 Å². The molecule has 0 atom stereocenters. The summed E-state index contributed by atoms with van der Waals surface area (Å²) in [5.41, 5.74) is 3.32. The van der Waals surface area contributed by atoms with E-state index in [4.69, 9.17) is 0 Å². The highest BCUT2D eigenvalue weighted by Gasteiger charge is 2.12. The maximum absolute atomic E-state index is 4.37. The largest absolute Gasteiger partial charge is 0.343 e. The number of aromatic amines is 2. The average Bonchev–Trinajstić information content (AvgIpc) is 3.04. The Morgan fingerprint density at radius 1 is 1.00 bits per heavy atom. The lowest BCUT2D eigenvalue weighted by atomic mass is 10.2. The average molecular weight is 238 g/mol. The van der Waals surface area contributed by atoms with Crippen LogP contribution in [0.2, 0.25) is 0 Å². The summed E-state index contributed by atoms with van der Waals surface area (Å²) in [6.45, 7) is 0. The van der Waals surface area contributed by atoms with Crippen LogP contribution in [0.1, 0.15) is 0 Å². The predicted octanol–water partition coefficient (Wildman–Crippen LogP) is 0.686. The van der Waals surface area contributed by atoms with Crippen molar-refractivity contribution in [3.05, 3.63) is 24.9 Å². The molecule has 0 bridgehead atoms. The topological polar surface area (TPSA) is 109 Å². The molecule has 8 heteroatoms. The van der Waals surface area contributed by atoms with Gasteiger partial charge in [-0.3, -0.25) is 0 Å². The smallest absolute Gasteiger partial charge is 0.200 e. The van der Waals surface area contributed by atoms with Crippen molar-refractivity contribution >= 4 is 22.5 Å². The maximum Gasteiger partial charge on any atom is 0.200 e. The second-order valence-electron chi connectivity index (χ2n) is 3.67. The number of rotatable bonds is 1. The summed E-state index contributed by atoms with van der Waals surface area (Å²) >= 11 is 0. The van der Waals surface area contributed by atoms with Gasteiger partial charge in [0.2, 0.25) is 0 Å². The lowest BCUT2D eigenvalue weighted by Gasteiger charge is -1.95. The van der Waals surface area contributed by atoms with Crippen molar-refractivity contribution in [2.24, 2.45) is 0 Å². The van der Waals surface area contributed by atoms with E-state index in [1.165, 1.54) is 0 Å². The SMILES string of the molecule is c1cnc2[nH]c(-c3cnnc4nc[nH]c34)nc2n1. The molecule has 0 aromatic carbocycles. The summed E-state index contributed by atoms with van der Waals surface area (Å²) in [6.07, 6.45) is 6.41. The number of aromatic nitrogens is 8. The van der Waals surface area contributed by atoms with Gasteiger partial charge in [0.1, 0.15) is 5.82 Å². The summed E-state index contributed by atoms with van der Waals surface area (Å²) in [5.74, 6) is 0.639. The van der Waals surface area contributed by atoms with Crippen LogP contribution >= 0.6 is 0 Å². The number of hydrogen-bond donors (Lipinski definition) is 2. The zero-order valence-electron chi connectivity index (χ0n) is 8.99. The molecule has 0 saturated heterocycles. The maximum atomic E-state index is 4.37. The van der Waals surface area contributed by atoms with Crippen LogP contribution in [0.5, 0.6) is 0 Å². The van der Waals surface area contributed by atoms with E-state index in [2.05, 4.69) is 40.1 Å². The molecule has 0 aliphatic carbocycles. The van der Waals surface area contributed by atoms with Crippen molar-refractivity contribution in [2.75, 3.05) is 0 Å². The molecule has 86 valence electrons. The zero-order valence-corrected chi connectivity index (χ0v) is 8.99. The van der Waals surface area contributed by atoms with Crippen LogP contribution in [0.15, 0.2) is 24.9 Å². The van der Waals surface area contributed by atoms with Gasteiger partial charge in [0, 0.05) is 12.4 Å². The molecule has 0 fully saturated rings. The van der Waals surface area contributed by atoms with Crippen molar-refractivity contribution in [2.45, 2.75) is 0 Å². The van der Waals surface area contributed by atoms with Gasteiger partial charge in [0.25, 0.3) is 0 Å². The van der Waals surface area contributed by atoms with Crippen LogP contribution in [-0.4, -0.2) is 40.1 Å². The summed E-state index contributed by atoms with van der Waals surface area (Å²) in [4.78, 5) is 22.8. The van der Waals surface area contributed by atoms with Gasteiger partial charge in [-0.15, -0.1) is 5.10 Å². The van der Waals surface area contributed by atoms with Crippen molar-refractivity contribution < 1.29 is 0 Å². The van der Waals surface area contributed by atoms with E-state index in [0.29, 0.717) is 22.8 Å². The van der Waals surface area contributed by atoms with E-state index in [1.807, 2.05) is 0 Å². The Bertz CT molecular complexity index is 812. The second kappa shape index (κ2) is 3.29. The van der Waals surface area contributed by atoms with Crippen molar-refractivity contribution in [1.82, 2.24) is 40.1 Å².